The van der Waals surface area contributed by atoms with Crippen LogP contribution in [0.3, 0.4) is 0 Å². The van der Waals surface area contributed by atoms with Crippen molar-refractivity contribution >= 4 is 0 Å². The molecule has 1 N–H and O–H groups in total. The van der Waals surface area contributed by atoms with Gasteiger partial charge in [-0.1, -0.05) is 11.6 Å². The fraction of sp³-hybridized carbons (Fsp3) is 0.500. The molecule has 0 unspecified atom stereocenters. The molecule has 38 valence electrons. The molecule has 1 heteroatoms. The summed E-state index contributed by atoms with van der Waals surface area (Å²) in [4.78, 5) is 0. The summed E-state index contributed by atoms with van der Waals surface area (Å²) in [5.41, 5.74) is 1.03. The van der Waals surface area contributed by atoms with Crippen LogP contribution in [0.5, 0.6) is 0 Å². The quantitative estimate of drug-likeness (QED) is 0.465. The van der Waals surface area contributed by atoms with E-state index in [4.69, 9.17) is 6.92 Å². The van der Waals surface area contributed by atoms with Crippen LogP contribution in [-0.4, -0.2) is 13.1 Å². The van der Waals surface area contributed by atoms with E-state index in [1.54, 1.807) is 0 Å². The molecule has 0 aliphatic carbocycles. The van der Waals surface area contributed by atoms with E-state index < -0.39 is 0 Å². The van der Waals surface area contributed by atoms with Crippen molar-refractivity contribution in [1.82, 2.24) is 5.32 Å². The van der Waals surface area contributed by atoms with Crippen LogP contribution < -0.4 is 5.32 Å². The lowest BCUT2D eigenvalue weighted by molar-refractivity contribution is 0.712. The van der Waals surface area contributed by atoms with Crippen LogP contribution in [0.15, 0.2) is 11.6 Å². The highest BCUT2D eigenvalue weighted by atomic mass is 14.8. The van der Waals surface area contributed by atoms with E-state index in [1.165, 1.54) is 0 Å². The first-order valence-electron chi connectivity index (χ1n) is 2.55. The molecule has 1 aliphatic rings. The summed E-state index contributed by atoms with van der Waals surface area (Å²) in [7, 11) is 0. The van der Waals surface area contributed by atoms with Gasteiger partial charge in [0.15, 0.2) is 0 Å². The van der Waals surface area contributed by atoms with Crippen molar-refractivity contribution in [3.63, 3.8) is 0 Å². The van der Waals surface area contributed by atoms with Gasteiger partial charge in [-0.2, -0.15) is 0 Å². The Bertz CT molecular complexity index is 84.2. The summed E-state index contributed by atoms with van der Waals surface area (Å²) in [6, 6.07) is 0. The Morgan fingerprint density at radius 3 is 2.86 bits per heavy atom. The molecule has 0 bridgehead atoms. The summed E-state index contributed by atoms with van der Waals surface area (Å²) in [5, 5.41) is 3.16. The van der Waals surface area contributed by atoms with Crippen molar-refractivity contribution in [1.29, 1.82) is 0 Å². The molecule has 0 saturated carbocycles. The molecule has 0 spiro atoms. The summed E-state index contributed by atoms with van der Waals surface area (Å²) in [6.07, 6.45) is 3.03. The highest BCUT2D eigenvalue weighted by Gasteiger charge is 1.93. The van der Waals surface area contributed by atoms with Crippen molar-refractivity contribution in [2.45, 2.75) is 6.42 Å². The Morgan fingerprint density at radius 1 is 1.71 bits per heavy atom. The standard InChI is InChI=1S/C6H9N/c1-6-2-4-7-5-3-6/h1-2,7H,3-5H2. The lowest BCUT2D eigenvalue weighted by Gasteiger charge is -2.07. The van der Waals surface area contributed by atoms with Gasteiger partial charge in [-0.3, -0.25) is 0 Å². The molecule has 0 saturated heterocycles. The van der Waals surface area contributed by atoms with Gasteiger partial charge in [-0.25, -0.2) is 0 Å². The summed E-state index contributed by atoms with van der Waals surface area (Å²) >= 11 is 0. The molecule has 0 amide bonds. The van der Waals surface area contributed by atoms with E-state index in [-0.39, 0.29) is 0 Å². The SMILES string of the molecule is [CH]C1=CCNCC1. The first kappa shape index (κ1) is 4.85. The van der Waals surface area contributed by atoms with Crippen LogP contribution in [0.25, 0.3) is 0 Å². The van der Waals surface area contributed by atoms with Crippen LogP contribution >= 0.6 is 0 Å². The summed E-state index contributed by atoms with van der Waals surface area (Å²) in [6.45, 7) is 7.45. The zero-order chi connectivity index (χ0) is 5.11. The van der Waals surface area contributed by atoms with Crippen molar-refractivity contribution in [3.8, 4) is 0 Å². The second kappa shape index (κ2) is 2.12. The lowest BCUT2D eigenvalue weighted by Crippen LogP contribution is -2.19. The van der Waals surface area contributed by atoms with Gasteiger partial charge in [-0.05, 0) is 19.9 Å². The maximum absolute atomic E-state index is 5.46. The molecular weight excluding hydrogens is 86.1 g/mol. The van der Waals surface area contributed by atoms with Gasteiger partial charge in [0.2, 0.25) is 0 Å². The molecule has 0 aromatic rings. The van der Waals surface area contributed by atoms with Crippen LogP contribution in [-0.2, 0) is 0 Å². The minimum atomic E-state index is 0.950. The minimum Gasteiger partial charge on any atom is -0.313 e. The second-order valence-electron chi connectivity index (χ2n) is 1.73. The third-order valence-electron chi connectivity index (χ3n) is 1.10. The summed E-state index contributed by atoms with van der Waals surface area (Å²) in [5.74, 6) is 0. The van der Waals surface area contributed by atoms with Crippen molar-refractivity contribution < 1.29 is 0 Å². The predicted molar refractivity (Wildman–Crippen MR) is 29.9 cm³/mol. The molecule has 1 nitrogen and oxygen atoms in total. The fourth-order valence-corrected chi connectivity index (χ4v) is 0.640. The Kier molecular flexibility index (Phi) is 1.47. The average Bonchev–Trinajstić information content (AvgIpc) is 1.69. The van der Waals surface area contributed by atoms with Crippen molar-refractivity contribution in [2.75, 3.05) is 13.1 Å². The molecule has 1 heterocycles. The normalized spacial score (nSPS) is 21.6. The largest absolute Gasteiger partial charge is 0.313 e. The molecule has 2 radical (unpaired) electrons. The van der Waals surface area contributed by atoms with Gasteiger partial charge in [0.1, 0.15) is 0 Å². The van der Waals surface area contributed by atoms with Crippen LogP contribution in [0.4, 0.5) is 0 Å². The van der Waals surface area contributed by atoms with E-state index in [1.807, 2.05) is 6.08 Å². The lowest BCUT2D eigenvalue weighted by atomic mass is 10.1. The molecule has 1 aliphatic heterocycles. The first-order valence-corrected chi connectivity index (χ1v) is 2.55. The molecule has 0 fully saturated rings. The topological polar surface area (TPSA) is 12.0 Å². The van der Waals surface area contributed by atoms with Crippen LogP contribution in [0, 0.1) is 6.92 Å². The zero-order valence-corrected chi connectivity index (χ0v) is 4.28. The Morgan fingerprint density at radius 2 is 2.57 bits per heavy atom. The second-order valence-corrected chi connectivity index (χ2v) is 1.73. The number of rotatable bonds is 0. The average molecular weight is 95.1 g/mol. The van der Waals surface area contributed by atoms with Gasteiger partial charge >= 0.3 is 0 Å². The number of hydrogen-bond donors (Lipinski definition) is 1. The van der Waals surface area contributed by atoms with Crippen LogP contribution in [0.2, 0.25) is 0 Å². The number of nitrogens with one attached hydrogen (secondary N) is 1. The predicted octanol–water partition coefficient (Wildman–Crippen LogP) is 0.617. The highest BCUT2D eigenvalue weighted by molar-refractivity contribution is 5.08. The van der Waals surface area contributed by atoms with E-state index in [2.05, 4.69) is 5.32 Å². The van der Waals surface area contributed by atoms with Gasteiger partial charge in [0, 0.05) is 6.54 Å². The molecule has 0 aromatic carbocycles. The van der Waals surface area contributed by atoms with E-state index >= 15 is 0 Å². The van der Waals surface area contributed by atoms with E-state index in [0.717, 1.165) is 25.1 Å². The Labute approximate surface area is 44.4 Å². The first-order chi connectivity index (χ1) is 3.39. The maximum Gasteiger partial charge on any atom is 0.0137 e. The van der Waals surface area contributed by atoms with Gasteiger partial charge in [0.05, 0.1) is 0 Å². The monoisotopic (exact) mass is 95.1 g/mol. The number of hydrogen-bond acceptors (Lipinski definition) is 1. The Balaban J connectivity index is 2.40. The Hall–Kier alpha value is -0.300. The highest BCUT2D eigenvalue weighted by Crippen LogP contribution is 1.99. The third kappa shape index (κ3) is 1.32. The van der Waals surface area contributed by atoms with Crippen molar-refractivity contribution in [3.05, 3.63) is 18.6 Å². The molecule has 7 heavy (non-hydrogen) atoms. The van der Waals surface area contributed by atoms with E-state index in [0.29, 0.717) is 0 Å². The molecule has 0 atom stereocenters. The van der Waals surface area contributed by atoms with Gasteiger partial charge in [0.25, 0.3) is 0 Å². The van der Waals surface area contributed by atoms with Crippen LogP contribution in [0.1, 0.15) is 6.42 Å². The third-order valence-corrected chi connectivity index (χ3v) is 1.10. The zero-order valence-electron chi connectivity index (χ0n) is 4.28. The maximum atomic E-state index is 5.46. The minimum absolute atomic E-state index is 0.950. The molecule has 0 aromatic heterocycles. The van der Waals surface area contributed by atoms with E-state index in [9.17, 15) is 0 Å². The fourth-order valence-electron chi connectivity index (χ4n) is 0.640. The van der Waals surface area contributed by atoms with Gasteiger partial charge < -0.3 is 5.32 Å². The van der Waals surface area contributed by atoms with Gasteiger partial charge in [-0.15, -0.1) is 0 Å². The summed E-state index contributed by atoms with van der Waals surface area (Å²) < 4.78 is 0. The smallest absolute Gasteiger partial charge is 0.0137 e. The van der Waals surface area contributed by atoms with Crippen molar-refractivity contribution in [2.24, 2.45) is 0 Å². The molecular formula is C6H9N. The molecule has 1 rings (SSSR count).